The van der Waals surface area contributed by atoms with E-state index in [0.717, 1.165) is 19.9 Å². The molecule has 10 nitrogen and oxygen atoms in total. The lowest BCUT2D eigenvalue weighted by molar-refractivity contribution is -0.141. The summed E-state index contributed by atoms with van der Waals surface area (Å²) in [5, 5.41) is 11.7. The molecule has 0 aliphatic carbocycles. The number of fused-ring (bicyclic) bond motifs is 1. The lowest BCUT2D eigenvalue weighted by atomic mass is 9.85. The van der Waals surface area contributed by atoms with E-state index in [9.17, 15) is 23.1 Å². The number of carboxylic acid groups (broad SMARTS) is 1. The number of amides is 1. The van der Waals surface area contributed by atoms with Gasteiger partial charge in [0.05, 0.1) is 12.2 Å². The Morgan fingerprint density at radius 2 is 1.75 bits per heavy atom. The number of halogens is 1. The number of aliphatic carboxylic acids is 1. The second kappa shape index (κ2) is 12.8. The molecule has 0 spiro atoms. The number of carbonyl (C=O) groups is 2. The third-order valence-electron chi connectivity index (χ3n) is 6.42. The van der Waals surface area contributed by atoms with Crippen molar-refractivity contribution in [2.24, 2.45) is 5.41 Å². The maximum atomic E-state index is 13.9. The van der Waals surface area contributed by atoms with E-state index in [1.807, 2.05) is 18.2 Å². The minimum Gasteiger partial charge on any atom is -0.480 e. The van der Waals surface area contributed by atoms with Crippen LogP contribution in [0.4, 0.5) is 10.6 Å². The topological polar surface area (TPSA) is 130 Å². The van der Waals surface area contributed by atoms with E-state index >= 15 is 0 Å². The number of anilines is 1. The van der Waals surface area contributed by atoms with Crippen molar-refractivity contribution in [1.82, 2.24) is 14.3 Å². The number of ether oxygens (including phenoxy) is 1. The van der Waals surface area contributed by atoms with Crippen molar-refractivity contribution in [2.45, 2.75) is 71.2 Å². The molecular formula is C31H35ClN4O6S2. The predicted molar refractivity (Wildman–Crippen MR) is 171 cm³/mol. The van der Waals surface area contributed by atoms with E-state index < -0.39 is 39.1 Å². The van der Waals surface area contributed by atoms with E-state index in [-0.39, 0.29) is 23.8 Å². The van der Waals surface area contributed by atoms with E-state index in [0.29, 0.717) is 10.7 Å². The molecule has 0 fully saturated rings. The van der Waals surface area contributed by atoms with Gasteiger partial charge in [-0.1, -0.05) is 44.5 Å². The van der Waals surface area contributed by atoms with E-state index in [4.69, 9.17) is 16.3 Å². The first-order valence-electron chi connectivity index (χ1n) is 13.7. The Bertz CT molecular complexity index is 1770. The van der Waals surface area contributed by atoms with Crippen molar-refractivity contribution < 1.29 is 27.9 Å². The zero-order chi connectivity index (χ0) is 32.4. The highest BCUT2D eigenvalue weighted by Crippen LogP contribution is 2.33. The highest BCUT2D eigenvalue weighted by molar-refractivity contribution is 7.89. The van der Waals surface area contributed by atoms with Crippen LogP contribution in [0.3, 0.4) is 0 Å². The van der Waals surface area contributed by atoms with Crippen LogP contribution in [0.25, 0.3) is 10.1 Å². The number of rotatable bonds is 9. The van der Waals surface area contributed by atoms with Crippen LogP contribution in [0.5, 0.6) is 0 Å². The Morgan fingerprint density at radius 3 is 2.36 bits per heavy atom. The van der Waals surface area contributed by atoms with Gasteiger partial charge in [0.2, 0.25) is 10.0 Å². The van der Waals surface area contributed by atoms with Gasteiger partial charge in [-0.05, 0) is 74.0 Å². The molecule has 0 bridgehead atoms. The van der Waals surface area contributed by atoms with Crippen molar-refractivity contribution in [3.8, 4) is 0 Å². The smallest absolute Gasteiger partial charge is 0.416 e. The largest absolute Gasteiger partial charge is 0.480 e. The number of benzene rings is 1. The number of hydrogen-bond acceptors (Lipinski definition) is 8. The molecule has 13 heteroatoms. The van der Waals surface area contributed by atoms with Gasteiger partial charge in [-0.3, -0.25) is 4.98 Å². The van der Waals surface area contributed by atoms with E-state index in [2.05, 4.69) is 9.97 Å². The number of sulfonamides is 1. The van der Waals surface area contributed by atoms with Crippen LogP contribution >= 0.6 is 22.9 Å². The molecular weight excluding hydrogens is 624 g/mol. The predicted octanol–water partition coefficient (Wildman–Crippen LogP) is 6.98. The molecule has 0 radical (unpaired) electrons. The number of hydrogen-bond donors (Lipinski definition) is 1. The fourth-order valence-electron chi connectivity index (χ4n) is 4.57. The summed E-state index contributed by atoms with van der Waals surface area (Å²) in [4.78, 5) is 36.4. The second-order valence-electron chi connectivity index (χ2n) is 12.3. The number of pyridine rings is 2. The van der Waals surface area contributed by atoms with Gasteiger partial charge in [0.25, 0.3) is 0 Å². The molecule has 3 aromatic heterocycles. The summed E-state index contributed by atoms with van der Waals surface area (Å²) < 4.78 is 35.6. The molecule has 1 N–H and O–H groups in total. The first kappa shape index (κ1) is 33.3. The molecule has 4 aromatic rings. The van der Waals surface area contributed by atoms with Gasteiger partial charge in [0.15, 0.2) is 0 Å². The normalized spacial score (nSPS) is 13.2. The standard InChI is InChI=1S/C31H35ClN4O6S2/c1-30(2,3)27(28(37)38)36(29(39)42-31(4,5)6)26-11-7-9-22(34-26)18-35(44(40,41)24-10-8-14-33-17-24)19-23-15-20-12-13-21(32)16-25(20)43-23/h7-17,27H,18-19H2,1-6H3,(H,37,38). The van der Waals surface area contributed by atoms with Gasteiger partial charge in [-0.15, -0.1) is 11.3 Å². The molecule has 0 saturated heterocycles. The fraction of sp³-hybridized carbons (Fsp3) is 0.355. The lowest BCUT2D eigenvalue weighted by Gasteiger charge is -2.37. The zero-order valence-corrected chi connectivity index (χ0v) is 27.7. The van der Waals surface area contributed by atoms with Crippen LogP contribution in [0.15, 0.2) is 71.9 Å². The average Bonchev–Trinajstić information content (AvgIpc) is 3.31. The summed E-state index contributed by atoms with van der Waals surface area (Å²) >= 11 is 7.60. The molecule has 3 heterocycles. The highest BCUT2D eigenvalue weighted by Gasteiger charge is 2.42. The Labute approximate surface area is 266 Å². The first-order chi connectivity index (χ1) is 20.5. The maximum Gasteiger partial charge on any atom is 0.416 e. The van der Waals surface area contributed by atoms with Crippen molar-refractivity contribution in [3.05, 3.63) is 82.6 Å². The summed E-state index contributed by atoms with van der Waals surface area (Å²) in [6.07, 6.45) is 1.89. The molecule has 4 rings (SSSR count). The van der Waals surface area contributed by atoms with Gasteiger partial charge in [-0.2, -0.15) is 4.31 Å². The average molecular weight is 659 g/mol. The van der Waals surface area contributed by atoms with Crippen LogP contribution in [-0.2, 0) is 32.6 Å². The number of nitrogens with zero attached hydrogens (tertiary/aromatic N) is 4. The molecule has 0 aliphatic heterocycles. The molecule has 1 unspecified atom stereocenters. The van der Waals surface area contributed by atoms with Crippen LogP contribution in [-0.4, -0.2) is 51.5 Å². The highest BCUT2D eigenvalue weighted by atomic mass is 35.5. The van der Waals surface area contributed by atoms with E-state index in [1.165, 1.54) is 40.2 Å². The molecule has 0 saturated carbocycles. The van der Waals surface area contributed by atoms with Crippen LogP contribution < -0.4 is 4.90 Å². The SMILES string of the molecule is CC(C)(C)OC(=O)N(c1cccc(CN(Cc2cc3ccc(Cl)cc3s2)S(=O)(=O)c2cccnc2)n1)C(C(=O)O)C(C)(C)C. The lowest BCUT2D eigenvalue weighted by Crippen LogP contribution is -2.54. The van der Waals surface area contributed by atoms with Crippen LogP contribution in [0, 0.1) is 5.41 Å². The number of carboxylic acids is 1. The van der Waals surface area contributed by atoms with Gasteiger partial charge in [0, 0.05) is 33.5 Å². The van der Waals surface area contributed by atoms with Gasteiger partial charge < -0.3 is 9.84 Å². The summed E-state index contributed by atoms with van der Waals surface area (Å²) in [5.74, 6) is -1.21. The Hall–Kier alpha value is -3.58. The Balaban J connectivity index is 1.78. The Kier molecular flexibility index (Phi) is 9.69. The van der Waals surface area contributed by atoms with Crippen LogP contribution in [0.1, 0.15) is 52.1 Å². The summed E-state index contributed by atoms with van der Waals surface area (Å²) in [7, 11) is -4.06. The molecule has 234 valence electrons. The number of aromatic nitrogens is 2. The molecule has 1 atom stereocenters. The fourth-order valence-corrected chi connectivity index (χ4v) is 7.36. The monoisotopic (exact) mass is 658 g/mol. The quantitative estimate of drug-likeness (QED) is 0.204. The summed E-state index contributed by atoms with van der Waals surface area (Å²) in [5.41, 5.74) is -1.51. The van der Waals surface area contributed by atoms with Gasteiger partial charge >= 0.3 is 12.1 Å². The summed E-state index contributed by atoms with van der Waals surface area (Å²) in [6, 6.07) is 13.8. The molecule has 1 aromatic carbocycles. The summed E-state index contributed by atoms with van der Waals surface area (Å²) in [6.45, 7) is 10.0. The number of thiophene rings is 1. The van der Waals surface area contributed by atoms with Crippen molar-refractivity contribution in [3.63, 3.8) is 0 Å². The maximum absolute atomic E-state index is 13.9. The molecule has 1 amide bonds. The van der Waals surface area contributed by atoms with Crippen molar-refractivity contribution >= 4 is 60.9 Å². The zero-order valence-electron chi connectivity index (χ0n) is 25.3. The third kappa shape index (κ3) is 7.92. The van der Waals surface area contributed by atoms with Crippen molar-refractivity contribution in [1.29, 1.82) is 0 Å². The minimum absolute atomic E-state index is 0.00867. The molecule has 0 aliphatic rings. The Morgan fingerprint density at radius 1 is 1.02 bits per heavy atom. The van der Waals surface area contributed by atoms with Gasteiger partial charge in [0.1, 0.15) is 22.4 Å². The third-order valence-corrected chi connectivity index (χ3v) is 9.51. The number of carbonyl (C=O) groups excluding carboxylic acids is 1. The molecule has 44 heavy (non-hydrogen) atoms. The first-order valence-corrected chi connectivity index (χ1v) is 16.4. The minimum atomic E-state index is -4.06. The second-order valence-corrected chi connectivity index (χ2v) is 15.8. The van der Waals surface area contributed by atoms with E-state index in [1.54, 1.807) is 65.8 Å². The van der Waals surface area contributed by atoms with Gasteiger partial charge in [-0.25, -0.2) is 27.9 Å². The van der Waals surface area contributed by atoms with Crippen molar-refractivity contribution in [2.75, 3.05) is 4.90 Å². The van der Waals surface area contributed by atoms with Crippen LogP contribution in [0.2, 0.25) is 5.02 Å².